The fourth-order valence-corrected chi connectivity index (χ4v) is 2.29. The molecule has 1 aromatic carbocycles. The molecule has 3 amide bonds. The third-order valence-corrected chi connectivity index (χ3v) is 3.73. The number of carbonyl (C=O) groups excluding carboxylic acids is 2. The molecule has 7 heteroatoms. The van der Waals surface area contributed by atoms with Crippen molar-refractivity contribution in [3.8, 4) is 0 Å². The molecule has 1 saturated carbocycles. The number of carbonyl (C=O) groups is 3. The minimum atomic E-state index is -0.944. The van der Waals surface area contributed by atoms with Crippen LogP contribution >= 0.6 is 0 Å². The summed E-state index contributed by atoms with van der Waals surface area (Å²) in [6.45, 7) is 3.82. The molecule has 1 aliphatic carbocycles. The summed E-state index contributed by atoms with van der Waals surface area (Å²) in [7, 11) is 0. The molecule has 3 N–H and O–H groups in total. The SMILES string of the molecule is CC(C)N(CCC(=O)O)C(=O)c1cccc(NC(=O)NC2CC2)c1. The highest BCUT2D eigenvalue weighted by Gasteiger charge is 2.23. The molecule has 130 valence electrons. The number of hydrogen-bond donors (Lipinski definition) is 3. The van der Waals surface area contributed by atoms with Gasteiger partial charge in [0.1, 0.15) is 0 Å². The van der Waals surface area contributed by atoms with E-state index in [9.17, 15) is 14.4 Å². The van der Waals surface area contributed by atoms with Crippen LogP contribution in [0.4, 0.5) is 10.5 Å². The molecule has 0 unspecified atom stereocenters. The molecule has 0 bridgehead atoms. The monoisotopic (exact) mass is 333 g/mol. The van der Waals surface area contributed by atoms with Crippen molar-refractivity contribution >= 4 is 23.6 Å². The summed E-state index contributed by atoms with van der Waals surface area (Å²) >= 11 is 0. The largest absolute Gasteiger partial charge is 0.481 e. The molecule has 1 aromatic rings. The first kappa shape index (κ1) is 17.8. The van der Waals surface area contributed by atoms with Gasteiger partial charge in [0, 0.05) is 29.9 Å². The van der Waals surface area contributed by atoms with E-state index in [2.05, 4.69) is 10.6 Å². The molecule has 0 aliphatic heterocycles. The van der Waals surface area contributed by atoms with E-state index in [1.54, 1.807) is 24.3 Å². The number of anilines is 1. The zero-order valence-electron chi connectivity index (χ0n) is 13.9. The van der Waals surface area contributed by atoms with Crippen LogP contribution in [0.3, 0.4) is 0 Å². The van der Waals surface area contributed by atoms with Crippen LogP contribution in [0.1, 0.15) is 43.5 Å². The summed E-state index contributed by atoms with van der Waals surface area (Å²) < 4.78 is 0. The number of carboxylic acids is 1. The van der Waals surface area contributed by atoms with Gasteiger partial charge in [-0.05, 0) is 44.9 Å². The highest BCUT2D eigenvalue weighted by atomic mass is 16.4. The van der Waals surface area contributed by atoms with Gasteiger partial charge in [-0.3, -0.25) is 9.59 Å². The quantitative estimate of drug-likeness (QED) is 0.713. The van der Waals surface area contributed by atoms with Crippen molar-refractivity contribution in [1.82, 2.24) is 10.2 Å². The van der Waals surface area contributed by atoms with Crippen molar-refractivity contribution in [1.29, 1.82) is 0 Å². The predicted molar refractivity (Wildman–Crippen MR) is 90.0 cm³/mol. The molecule has 0 aromatic heterocycles. The number of nitrogens with zero attached hydrogens (tertiary/aromatic N) is 1. The Balaban J connectivity index is 2.05. The number of rotatable bonds is 7. The highest BCUT2D eigenvalue weighted by molar-refractivity contribution is 5.97. The minimum absolute atomic E-state index is 0.106. The Labute approximate surface area is 141 Å². The van der Waals surface area contributed by atoms with Crippen LogP contribution in [-0.2, 0) is 4.79 Å². The molecular formula is C17H23N3O4. The van der Waals surface area contributed by atoms with Gasteiger partial charge in [-0.2, -0.15) is 0 Å². The molecule has 0 atom stereocenters. The van der Waals surface area contributed by atoms with Gasteiger partial charge in [0.15, 0.2) is 0 Å². The Bertz CT molecular complexity index is 626. The Kier molecular flexibility index (Phi) is 5.78. The Morgan fingerprint density at radius 2 is 2.00 bits per heavy atom. The van der Waals surface area contributed by atoms with E-state index in [4.69, 9.17) is 5.11 Å². The first-order valence-corrected chi connectivity index (χ1v) is 8.07. The second-order valence-electron chi connectivity index (χ2n) is 6.19. The Hall–Kier alpha value is -2.57. The minimum Gasteiger partial charge on any atom is -0.481 e. The molecule has 24 heavy (non-hydrogen) atoms. The first-order chi connectivity index (χ1) is 11.4. The molecule has 0 heterocycles. The van der Waals surface area contributed by atoms with Gasteiger partial charge in [0.2, 0.25) is 0 Å². The number of amides is 3. The van der Waals surface area contributed by atoms with Crippen molar-refractivity contribution in [2.45, 2.75) is 45.2 Å². The van der Waals surface area contributed by atoms with Gasteiger partial charge in [0.25, 0.3) is 5.91 Å². The van der Waals surface area contributed by atoms with Crippen LogP contribution in [0, 0.1) is 0 Å². The number of aliphatic carboxylic acids is 1. The van der Waals surface area contributed by atoms with Crippen LogP contribution in [0.25, 0.3) is 0 Å². The lowest BCUT2D eigenvalue weighted by atomic mass is 10.1. The molecule has 1 fully saturated rings. The Morgan fingerprint density at radius 1 is 1.29 bits per heavy atom. The van der Waals surface area contributed by atoms with Crippen LogP contribution < -0.4 is 10.6 Å². The van der Waals surface area contributed by atoms with E-state index < -0.39 is 5.97 Å². The van der Waals surface area contributed by atoms with Crippen molar-refractivity contribution in [2.75, 3.05) is 11.9 Å². The van der Waals surface area contributed by atoms with Crippen molar-refractivity contribution in [3.05, 3.63) is 29.8 Å². The predicted octanol–water partition coefficient (Wildman–Crippen LogP) is 2.30. The van der Waals surface area contributed by atoms with Crippen LogP contribution in [0.15, 0.2) is 24.3 Å². The smallest absolute Gasteiger partial charge is 0.319 e. The van der Waals surface area contributed by atoms with Crippen molar-refractivity contribution in [2.24, 2.45) is 0 Å². The number of urea groups is 1. The lowest BCUT2D eigenvalue weighted by Crippen LogP contribution is -2.38. The van der Waals surface area contributed by atoms with Gasteiger partial charge in [-0.15, -0.1) is 0 Å². The summed E-state index contributed by atoms with van der Waals surface area (Å²) in [6.07, 6.45) is 1.89. The van der Waals surface area contributed by atoms with E-state index in [1.165, 1.54) is 4.90 Å². The summed E-state index contributed by atoms with van der Waals surface area (Å²) in [4.78, 5) is 36.7. The van der Waals surface area contributed by atoms with Crippen molar-refractivity contribution in [3.63, 3.8) is 0 Å². The van der Waals surface area contributed by atoms with Crippen molar-refractivity contribution < 1.29 is 19.5 Å². The topological polar surface area (TPSA) is 98.7 Å². The number of nitrogens with one attached hydrogen (secondary N) is 2. The van der Waals surface area contributed by atoms with Gasteiger partial charge in [-0.25, -0.2) is 4.79 Å². The second kappa shape index (κ2) is 7.81. The van der Waals surface area contributed by atoms with Crippen LogP contribution in [0.2, 0.25) is 0 Å². The standard InChI is InChI=1S/C17H23N3O4/c1-11(2)20(9-8-15(21)22)16(23)12-4-3-5-14(10-12)19-17(24)18-13-6-7-13/h3-5,10-11,13H,6-9H2,1-2H3,(H,21,22)(H2,18,19,24). The second-order valence-corrected chi connectivity index (χ2v) is 6.19. The van der Waals surface area contributed by atoms with Gasteiger partial charge >= 0.3 is 12.0 Å². The highest BCUT2D eigenvalue weighted by Crippen LogP contribution is 2.19. The van der Waals surface area contributed by atoms with E-state index in [1.807, 2.05) is 13.8 Å². The molecule has 0 saturated heterocycles. The zero-order chi connectivity index (χ0) is 17.7. The molecule has 2 rings (SSSR count). The average Bonchev–Trinajstić information content (AvgIpc) is 3.30. The van der Waals surface area contributed by atoms with Crippen LogP contribution in [0.5, 0.6) is 0 Å². The zero-order valence-corrected chi connectivity index (χ0v) is 13.9. The lowest BCUT2D eigenvalue weighted by molar-refractivity contribution is -0.137. The average molecular weight is 333 g/mol. The van der Waals surface area contributed by atoms with E-state index in [0.29, 0.717) is 11.3 Å². The van der Waals surface area contributed by atoms with Gasteiger partial charge < -0.3 is 20.6 Å². The van der Waals surface area contributed by atoms with Gasteiger partial charge in [0.05, 0.1) is 6.42 Å². The molecule has 0 spiro atoms. The van der Waals surface area contributed by atoms with E-state index >= 15 is 0 Å². The lowest BCUT2D eigenvalue weighted by Gasteiger charge is -2.26. The normalized spacial score (nSPS) is 13.5. The maximum Gasteiger partial charge on any atom is 0.319 e. The third kappa shape index (κ3) is 5.26. The maximum absolute atomic E-state index is 12.6. The number of benzene rings is 1. The summed E-state index contributed by atoms with van der Waals surface area (Å²) in [6, 6.07) is 6.51. The molecular weight excluding hydrogens is 310 g/mol. The molecule has 1 aliphatic rings. The molecule has 0 radical (unpaired) electrons. The van der Waals surface area contributed by atoms with E-state index in [0.717, 1.165) is 12.8 Å². The number of hydrogen-bond acceptors (Lipinski definition) is 3. The molecule has 7 nitrogen and oxygen atoms in total. The summed E-state index contributed by atoms with van der Waals surface area (Å²) in [5.41, 5.74) is 0.944. The summed E-state index contributed by atoms with van der Waals surface area (Å²) in [5.74, 6) is -1.20. The summed E-state index contributed by atoms with van der Waals surface area (Å²) in [5, 5.41) is 14.4. The fraction of sp³-hybridized carbons (Fsp3) is 0.471. The Morgan fingerprint density at radius 3 is 2.58 bits per heavy atom. The first-order valence-electron chi connectivity index (χ1n) is 8.07. The number of carboxylic acid groups (broad SMARTS) is 1. The fourth-order valence-electron chi connectivity index (χ4n) is 2.29. The van der Waals surface area contributed by atoms with E-state index in [-0.39, 0.29) is 37.0 Å². The maximum atomic E-state index is 12.6. The van der Waals surface area contributed by atoms with Crippen LogP contribution in [-0.4, -0.2) is 46.5 Å². The van der Waals surface area contributed by atoms with Gasteiger partial charge in [-0.1, -0.05) is 6.07 Å². The third-order valence-electron chi connectivity index (χ3n) is 3.73.